The maximum absolute atomic E-state index is 11.2. The van der Waals surface area contributed by atoms with Crippen LogP contribution < -0.4 is 5.32 Å². The normalized spacial score (nSPS) is 12.2. The third-order valence-electron chi connectivity index (χ3n) is 1.74. The lowest BCUT2D eigenvalue weighted by Gasteiger charge is -2.03. The molecular formula is C10H19NO3S. The molecule has 15 heavy (non-hydrogen) atoms. The van der Waals surface area contributed by atoms with Crippen LogP contribution in [0, 0.1) is 0 Å². The second kappa shape index (κ2) is 8.73. The minimum absolute atomic E-state index is 0.0721. The van der Waals surface area contributed by atoms with Crippen LogP contribution in [0.25, 0.3) is 0 Å². The quantitative estimate of drug-likeness (QED) is 0.642. The number of rotatable bonds is 7. The molecule has 0 aliphatic heterocycles. The second-order valence-corrected chi connectivity index (χ2v) is 4.60. The van der Waals surface area contributed by atoms with Crippen LogP contribution in [-0.2, 0) is 9.59 Å². The van der Waals surface area contributed by atoms with E-state index in [2.05, 4.69) is 5.32 Å². The number of carbonyl (C=O) groups is 2. The third kappa shape index (κ3) is 11.4. The molecule has 0 aromatic carbocycles. The summed E-state index contributed by atoms with van der Waals surface area (Å²) in [4.78, 5) is 21.7. The van der Waals surface area contributed by atoms with E-state index < -0.39 is 0 Å². The van der Waals surface area contributed by atoms with E-state index in [9.17, 15) is 9.59 Å². The van der Waals surface area contributed by atoms with E-state index >= 15 is 0 Å². The molecule has 1 amide bonds. The van der Waals surface area contributed by atoms with Gasteiger partial charge < -0.3 is 10.4 Å². The SMILES string of the molecule is CC(=O)NCCSC(=O)CCCC(C)O. The monoisotopic (exact) mass is 233 g/mol. The Hall–Kier alpha value is -0.550. The summed E-state index contributed by atoms with van der Waals surface area (Å²) in [5, 5.41) is 11.7. The highest BCUT2D eigenvalue weighted by molar-refractivity contribution is 8.13. The first-order valence-corrected chi connectivity index (χ1v) is 6.09. The van der Waals surface area contributed by atoms with Crippen LogP contribution in [0.3, 0.4) is 0 Å². The highest BCUT2D eigenvalue weighted by Gasteiger charge is 2.03. The van der Waals surface area contributed by atoms with Gasteiger partial charge in [-0.3, -0.25) is 9.59 Å². The Morgan fingerprint density at radius 1 is 1.47 bits per heavy atom. The first kappa shape index (κ1) is 14.5. The summed E-state index contributed by atoms with van der Waals surface area (Å²) in [6, 6.07) is 0. The number of thioether (sulfide) groups is 1. The van der Waals surface area contributed by atoms with Gasteiger partial charge in [0.25, 0.3) is 0 Å². The Morgan fingerprint density at radius 2 is 2.13 bits per heavy atom. The molecule has 0 aliphatic carbocycles. The summed E-state index contributed by atoms with van der Waals surface area (Å²) < 4.78 is 0. The Kier molecular flexibility index (Phi) is 8.41. The van der Waals surface area contributed by atoms with E-state index in [-0.39, 0.29) is 17.1 Å². The molecule has 0 spiro atoms. The number of nitrogens with one attached hydrogen (secondary N) is 1. The van der Waals surface area contributed by atoms with Crippen molar-refractivity contribution >= 4 is 22.8 Å². The zero-order chi connectivity index (χ0) is 11.7. The first-order valence-electron chi connectivity index (χ1n) is 5.10. The molecule has 0 saturated heterocycles. The molecule has 0 heterocycles. The fraction of sp³-hybridized carbons (Fsp3) is 0.800. The van der Waals surface area contributed by atoms with Gasteiger partial charge in [0.05, 0.1) is 6.10 Å². The largest absolute Gasteiger partial charge is 0.393 e. The average Bonchev–Trinajstić information content (AvgIpc) is 2.11. The molecule has 5 heteroatoms. The van der Waals surface area contributed by atoms with Crippen molar-refractivity contribution < 1.29 is 14.7 Å². The van der Waals surface area contributed by atoms with Crippen LogP contribution in [0.2, 0.25) is 0 Å². The molecule has 0 radical (unpaired) electrons. The minimum Gasteiger partial charge on any atom is -0.393 e. The van der Waals surface area contributed by atoms with Crippen LogP contribution in [0.15, 0.2) is 0 Å². The zero-order valence-electron chi connectivity index (χ0n) is 9.28. The highest BCUT2D eigenvalue weighted by Crippen LogP contribution is 2.09. The van der Waals surface area contributed by atoms with Gasteiger partial charge in [0.1, 0.15) is 0 Å². The number of aliphatic hydroxyl groups is 1. The molecule has 0 bridgehead atoms. The highest BCUT2D eigenvalue weighted by atomic mass is 32.2. The number of hydrogen-bond donors (Lipinski definition) is 2. The summed E-state index contributed by atoms with van der Waals surface area (Å²) >= 11 is 1.23. The summed E-state index contributed by atoms with van der Waals surface area (Å²) in [5.74, 6) is 0.546. The van der Waals surface area contributed by atoms with Crippen LogP contribution in [-0.4, -0.2) is 34.5 Å². The van der Waals surface area contributed by atoms with Gasteiger partial charge in [-0.2, -0.15) is 0 Å². The van der Waals surface area contributed by atoms with Crippen molar-refractivity contribution in [2.45, 2.75) is 39.2 Å². The van der Waals surface area contributed by atoms with Crippen molar-refractivity contribution in [2.24, 2.45) is 0 Å². The van der Waals surface area contributed by atoms with Gasteiger partial charge in [0.15, 0.2) is 5.12 Å². The third-order valence-corrected chi connectivity index (χ3v) is 2.68. The second-order valence-electron chi connectivity index (χ2n) is 3.44. The summed E-state index contributed by atoms with van der Waals surface area (Å²) in [5.41, 5.74) is 0. The fourth-order valence-electron chi connectivity index (χ4n) is 1.01. The lowest BCUT2D eigenvalue weighted by atomic mass is 10.2. The van der Waals surface area contributed by atoms with Crippen LogP contribution >= 0.6 is 11.8 Å². The van der Waals surface area contributed by atoms with Crippen molar-refractivity contribution in [1.82, 2.24) is 5.32 Å². The Labute approximate surface area is 94.8 Å². The van der Waals surface area contributed by atoms with Crippen molar-refractivity contribution in [2.75, 3.05) is 12.3 Å². The van der Waals surface area contributed by atoms with E-state index in [4.69, 9.17) is 5.11 Å². The minimum atomic E-state index is -0.331. The average molecular weight is 233 g/mol. The molecule has 1 atom stereocenters. The van der Waals surface area contributed by atoms with Gasteiger partial charge in [0, 0.05) is 25.6 Å². The molecular weight excluding hydrogens is 214 g/mol. The van der Waals surface area contributed by atoms with Gasteiger partial charge in [-0.1, -0.05) is 11.8 Å². The van der Waals surface area contributed by atoms with E-state index in [1.54, 1.807) is 6.92 Å². The number of aliphatic hydroxyl groups excluding tert-OH is 1. The maximum atomic E-state index is 11.2. The van der Waals surface area contributed by atoms with Crippen molar-refractivity contribution in [3.63, 3.8) is 0 Å². The Balaban J connectivity index is 3.30. The first-order chi connectivity index (χ1) is 7.02. The molecule has 88 valence electrons. The number of hydrogen-bond acceptors (Lipinski definition) is 4. The molecule has 2 N–H and O–H groups in total. The molecule has 0 aliphatic rings. The zero-order valence-corrected chi connectivity index (χ0v) is 10.1. The van der Waals surface area contributed by atoms with E-state index in [1.165, 1.54) is 18.7 Å². The lowest BCUT2D eigenvalue weighted by Crippen LogP contribution is -2.22. The van der Waals surface area contributed by atoms with Crippen molar-refractivity contribution in [1.29, 1.82) is 0 Å². The molecule has 0 saturated carbocycles. The Bertz CT molecular complexity index is 207. The predicted molar refractivity (Wildman–Crippen MR) is 61.7 cm³/mol. The van der Waals surface area contributed by atoms with Crippen molar-refractivity contribution in [3.05, 3.63) is 0 Å². The molecule has 0 rings (SSSR count). The van der Waals surface area contributed by atoms with E-state index in [0.717, 1.165) is 6.42 Å². The van der Waals surface area contributed by atoms with Gasteiger partial charge in [-0.25, -0.2) is 0 Å². The summed E-state index contributed by atoms with van der Waals surface area (Å²) in [6.45, 7) is 3.70. The van der Waals surface area contributed by atoms with E-state index in [0.29, 0.717) is 25.1 Å². The molecule has 0 fully saturated rings. The van der Waals surface area contributed by atoms with Crippen molar-refractivity contribution in [3.8, 4) is 0 Å². The molecule has 0 aromatic heterocycles. The smallest absolute Gasteiger partial charge is 0.216 e. The van der Waals surface area contributed by atoms with Crippen LogP contribution in [0.4, 0.5) is 0 Å². The molecule has 1 unspecified atom stereocenters. The lowest BCUT2D eigenvalue weighted by molar-refractivity contribution is -0.118. The number of amides is 1. The van der Waals surface area contributed by atoms with Gasteiger partial charge in [-0.15, -0.1) is 0 Å². The van der Waals surface area contributed by atoms with Crippen LogP contribution in [0.5, 0.6) is 0 Å². The maximum Gasteiger partial charge on any atom is 0.216 e. The molecule has 4 nitrogen and oxygen atoms in total. The summed E-state index contributed by atoms with van der Waals surface area (Å²) in [7, 11) is 0. The van der Waals surface area contributed by atoms with Gasteiger partial charge in [-0.05, 0) is 19.8 Å². The van der Waals surface area contributed by atoms with E-state index in [1.807, 2.05) is 0 Å². The Morgan fingerprint density at radius 3 is 2.67 bits per heavy atom. The molecule has 0 aromatic rings. The van der Waals surface area contributed by atoms with Gasteiger partial charge in [0.2, 0.25) is 5.91 Å². The fourth-order valence-corrected chi connectivity index (χ4v) is 1.73. The summed E-state index contributed by atoms with van der Waals surface area (Å²) in [6.07, 6.45) is 1.55. The topological polar surface area (TPSA) is 66.4 Å². The van der Waals surface area contributed by atoms with Crippen LogP contribution in [0.1, 0.15) is 33.1 Å². The standard InChI is InChI=1S/C10H19NO3S/c1-8(12)4-3-5-10(14)15-7-6-11-9(2)13/h8,12H,3-7H2,1-2H3,(H,11,13). The number of carbonyl (C=O) groups excluding carboxylic acids is 2. The van der Waals surface area contributed by atoms with Gasteiger partial charge >= 0.3 is 0 Å². The predicted octanol–water partition coefficient (Wildman–Crippen LogP) is 0.933.